The molecule has 116 valence electrons. The second-order valence-corrected chi connectivity index (χ2v) is 7.29. The molecule has 0 aliphatic carbocycles. The first-order valence-corrected chi connectivity index (χ1v) is 8.47. The van der Waals surface area contributed by atoms with E-state index in [0.29, 0.717) is 5.13 Å². The van der Waals surface area contributed by atoms with Gasteiger partial charge in [-0.1, -0.05) is 12.1 Å². The molecule has 0 bridgehead atoms. The number of ketones is 1. The zero-order valence-corrected chi connectivity index (χ0v) is 16.7. The molecule has 0 unspecified atom stereocenters. The Morgan fingerprint density at radius 3 is 2.70 bits per heavy atom. The topological polar surface area (TPSA) is 99.6 Å². The number of rotatable bonds is 2. The van der Waals surface area contributed by atoms with Crippen LogP contribution >= 0.6 is 11.3 Å². The maximum Gasteiger partial charge on any atom is 0.265 e. The summed E-state index contributed by atoms with van der Waals surface area (Å²) in [6.45, 7) is 0. The van der Waals surface area contributed by atoms with Crippen molar-refractivity contribution < 1.29 is 37.8 Å². The number of carbonyl (C=O) groups excluding carboxylic acids is 1. The van der Waals surface area contributed by atoms with Crippen LogP contribution in [0, 0.1) is 0 Å². The minimum atomic E-state index is -3.89. The van der Waals surface area contributed by atoms with Crippen LogP contribution in [0.15, 0.2) is 52.3 Å². The van der Waals surface area contributed by atoms with E-state index < -0.39 is 21.7 Å². The number of Topliss-reactive ketones (excluding diaryl/α,β-unsaturated/α-hetero) is 1. The molecule has 0 atom stereocenters. The van der Waals surface area contributed by atoms with Crippen LogP contribution < -0.4 is 5.32 Å². The molecule has 0 saturated heterocycles. The van der Waals surface area contributed by atoms with Gasteiger partial charge in [0.05, 0.1) is 4.90 Å². The van der Waals surface area contributed by atoms with Crippen LogP contribution in [0.1, 0.15) is 10.4 Å². The minimum absolute atomic E-state index is 0. The second kappa shape index (κ2) is 6.39. The van der Waals surface area contributed by atoms with E-state index in [2.05, 4.69) is 10.3 Å². The standard InChI is InChI=1S/C13H11N3O4S2.Zn/c1-16-10(12(18)15-13-14-6-7-21-13)11(17)8-4-2-3-5-9(8)22(16,19)20;/h2-7,18H,1H3,(H,14,15);. The number of aromatic nitrogens is 1. The fraction of sp³-hybridized carbons (Fsp3) is 0.0769. The van der Waals surface area contributed by atoms with Crippen molar-refractivity contribution >= 4 is 32.3 Å². The van der Waals surface area contributed by atoms with Gasteiger partial charge in [0, 0.05) is 43.7 Å². The van der Waals surface area contributed by atoms with E-state index in [1.165, 1.54) is 36.7 Å². The summed E-state index contributed by atoms with van der Waals surface area (Å²) < 4.78 is 25.7. The number of thiazole rings is 1. The third-order valence-electron chi connectivity index (χ3n) is 3.18. The Balaban J connectivity index is 0.00000192. The fourth-order valence-electron chi connectivity index (χ4n) is 2.12. The Morgan fingerprint density at radius 1 is 1.35 bits per heavy atom. The predicted octanol–water partition coefficient (Wildman–Crippen LogP) is 1.80. The third-order valence-corrected chi connectivity index (χ3v) is 5.69. The summed E-state index contributed by atoms with van der Waals surface area (Å²) in [5.41, 5.74) is -0.308. The average molecular weight is 403 g/mol. The van der Waals surface area contributed by atoms with Crippen LogP contribution in [0.4, 0.5) is 5.13 Å². The van der Waals surface area contributed by atoms with Gasteiger partial charge in [-0.3, -0.25) is 9.10 Å². The number of nitrogens with one attached hydrogen (secondary N) is 1. The number of aliphatic hydroxyl groups excluding tert-OH is 1. The molecular formula is C13H11N3O4S2Zn. The Morgan fingerprint density at radius 2 is 2.04 bits per heavy atom. The summed E-state index contributed by atoms with van der Waals surface area (Å²) in [4.78, 5) is 16.3. The van der Waals surface area contributed by atoms with Crippen molar-refractivity contribution in [1.29, 1.82) is 0 Å². The first-order valence-electron chi connectivity index (χ1n) is 6.15. The van der Waals surface area contributed by atoms with Crippen LogP contribution in [0.5, 0.6) is 0 Å². The molecule has 2 heterocycles. The van der Waals surface area contributed by atoms with Gasteiger partial charge in [-0.05, 0) is 12.1 Å². The number of likely N-dealkylation sites (N-methyl/N-ethyl adjacent to an activating group) is 1. The minimum Gasteiger partial charge on any atom is -0.493 e. The molecule has 0 saturated carbocycles. The van der Waals surface area contributed by atoms with Gasteiger partial charge in [0.15, 0.2) is 10.8 Å². The van der Waals surface area contributed by atoms with Crippen LogP contribution in [0.25, 0.3) is 0 Å². The molecule has 23 heavy (non-hydrogen) atoms. The third kappa shape index (κ3) is 2.89. The summed E-state index contributed by atoms with van der Waals surface area (Å²) in [5.74, 6) is -1.13. The summed E-state index contributed by atoms with van der Waals surface area (Å²) in [5, 5.41) is 14.7. The van der Waals surface area contributed by atoms with Gasteiger partial charge in [0.1, 0.15) is 0 Å². The molecule has 1 aromatic carbocycles. The number of anilines is 1. The molecule has 1 aliphatic rings. The van der Waals surface area contributed by atoms with E-state index in [-0.39, 0.29) is 35.6 Å². The van der Waals surface area contributed by atoms with Crippen LogP contribution in [-0.4, -0.2) is 35.6 Å². The molecular weight excluding hydrogens is 392 g/mol. The van der Waals surface area contributed by atoms with E-state index in [1.54, 1.807) is 17.5 Å². The van der Waals surface area contributed by atoms with Crippen molar-refractivity contribution in [2.24, 2.45) is 0 Å². The van der Waals surface area contributed by atoms with E-state index in [1.807, 2.05) is 0 Å². The van der Waals surface area contributed by atoms with Gasteiger partial charge in [0.2, 0.25) is 11.7 Å². The number of nitrogens with zero attached hydrogens (tertiary/aromatic N) is 2. The average Bonchev–Trinajstić information content (AvgIpc) is 2.99. The molecule has 0 fully saturated rings. The Bertz CT molecular complexity index is 878. The van der Waals surface area contributed by atoms with Crippen molar-refractivity contribution in [3.8, 4) is 0 Å². The second-order valence-electron chi connectivity index (χ2n) is 4.46. The Labute approximate surface area is 149 Å². The van der Waals surface area contributed by atoms with Crippen molar-refractivity contribution in [3.05, 3.63) is 53.0 Å². The van der Waals surface area contributed by atoms with Crippen LogP contribution in [-0.2, 0) is 29.5 Å². The molecule has 3 rings (SSSR count). The van der Waals surface area contributed by atoms with E-state index in [0.717, 1.165) is 4.31 Å². The molecule has 1 aromatic heterocycles. The van der Waals surface area contributed by atoms with Gasteiger partial charge in [0.25, 0.3) is 10.0 Å². The maximum atomic E-state index is 12.5. The monoisotopic (exact) mass is 401 g/mol. The van der Waals surface area contributed by atoms with Crippen molar-refractivity contribution in [1.82, 2.24) is 9.29 Å². The normalized spacial score (nSPS) is 18.0. The van der Waals surface area contributed by atoms with Crippen LogP contribution in [0.2, 0.25) is 0 Å². The largest absolute Gasteiger partial charge is 0.493 e. The molecule has 0 amide bonds. The zero-order chi connectivity index (χ0) is 15.9. The van der Waals surface area contributed by atoms with Gasteiger partial charge in [-0.2, -0.15) is 0 Å². The predicted molar refractivity (Wildman–Crippen MR) is 81.1 cm³/mol. The van der Waals surface area contributed by atoms with E-state index in [4.69, 9.17) is 0 Å². The number of carbonyl (C=O) groups is 1. The van der Waals surface area contributed by atoms with Gasteiger partial charge in [-0.15, -0.1) is 11.3 Å². The number of sulfonamides is 1. The molecule has 0 radical (unpaired) electrons. The summed E-state index contributed by atoms with van der Waals surface area (Å²) in [7, 11) is -2.67. The SMILES string of the molecule is CN1C(=C(O)Nc2nccs2)C(=O)c2ccccc2S1(=O)=O.[Zn]. The molecule has 2 N–H and O–H groups in total. The number of benzene rings is 1. The van der Waals surface area contributed by atoms with E-state index in [9.17, 15) is 18.3 Å². The van der Waals surface area contributed by atoms with Crippen LogP contribution in [0.3, 0.4) is 0 Å². The first kappa shape index (κ1) is 17.6. The molecule has 10 heteroatoms. The number of allylic oxidation sites excluding steroid dienone is 1. The first-order chi connectivity index (χ1) is 10.4. The number of aliphatic hydroxyl groups is 1. The quantitative estimate of drug-likeness (QED) is 0.451. The maximum absolute atomic E-state index is 12.5. The van der Waals surface area contributed by atoms with Crippen molar-refractivity contribution in [2.75, 3.05) is 12.4 Å². The Kier molecular flexibility index (Phi) is 4.88. The van der Waals surface area contributed by atoms with Crippen molar-refractivity contribution in [2.45, 2.75) is 4.90 Å². The van der Waals surface area contributed by atoms with Crippen molar-refractivity contribution in [3.63, 3.8) is 0 Å². The smallest absolute Gasteiger partial charge is 0.265 e. The van der Waals surface area contributed by atoms with E-state index >= 15 is 0 Å². The number of hydrogen-bond acceptors (Lipinski definition) is 7. The summed E-state index contributed by atoms with van der Waals surface area (Å²) in [6.07, 6.45) is 1.52. The fourth-order valence-corrected chi connectivity index (χ4v) is 4.04. The van der Waals surface area contributed by atoms with Gasteiger partial charge < -0.3 is 10.4 Å². The molecule has 0 spiro atoms. The molecule has 1 aliphatic heterocycles. The van der Waals surface area contributed by atoms with Gasteiger partial charge >= 0.3 is 0 Å². The summed E-state index contributed by atoms with van der Waals surface area (Å²) >= 11 is 1.21. The summed E-state index contributed by atoms with van der Waals surface area (Å²) in [6, 6.07) is 5.89. The zero-order valence-electron chi connectivity index (χ0n) is 12.1. The Hall–Kier alpha value is -1.77. The number of hydrogen-bond donors (Lipinski definition) is 2. The molecule has 7 nitrogen and oxygen atoms in total. The number of fused-ring (bicyclic) bond motifs is 1. The molecule has 2 aromatic rings. The van der Waals surface area contributed by atoms with Gasteiger partial charge in [-0.25, -0.2) is 13.4 Å².